The third-order valence-corrected chi connectivity index (χ3v) is 4.55. The fourth-order valence-corrected chi connectivity index (χ4v) is 3.17. The van der Waals surface area contributed by atoms with Gasteiger partial charge in [-0.1, -0.05) is 6.07 Å². The normalized spacial score (nSPS) is 18.5. The van der Waals surface area contributed by atoms with Crippen LogP contribution in [0.1, 0.15) is 31.9 Å². The molecule has 0 spiro atoms. The zero-order chi connectivity index (χ0) is 18.6. The van der Waals surface area contributed by atoms with Crippen molar-refractivity contribution in [3.05, 3.63) is 30.1 Å². The number of piperidine rings is 1. The molecule has 1 aliphatic heterocycles. The number of hydrogen-bond donors (Lipinski definition) is 3. The Balaban J connectivity index is 1.68. The van der Waals surface area contributed by atoms with Gasteiger partial charge in [-0.3, -0.25) is 14.8 Å². The molecule has 1 aliphatic rings. The number of pyridine rings is 1. The van der Waals surface area contributed by atoms with Crippen molar-refractivity contribution >= 4 is 11.9 Å². The third-order valence-electron chi connectivity index (χ3n) is 4.55. The number of aliphatic imine (C=N–C) groups is 1. The molecule has 1 aromatic heterocycles. The molecule has 1 amide bonds. The zero-order valence-electron chi connectivity index (χ0n) is 15.8. The largest absolute Gasteiger partial charge is 0.369 e. The second kappa shape index (κ2) is 11.5. The summed E-state index contributed by atoms with van der Waals surface area (Å²) in [6, 6.07) is 5.96. The highest BCUT2D eigenvalue weighted by Crippen LogP contribution is 2.15. The van der Waals surface area contributed by atoms with Crippen LogP contribution in [0.25, 0.3) is 0 Å². The van der Waals surface area contributed by atoms with E-state index in [1.165, 1.54) is 0 Å². The van der Waals surface area contributed by atoms with Crippen LogP contribution in [0.3, 0.4) is 0 Å². The number of guanidine groups is 1. The summed E-state index contributed by atoms with van der Waals surface area (Å²) >= 11 is 0. The van der Waals surface area contributed by atoms with Gasteiger partial charge < -0.3 is 21.3 Å². The van der Waals surface area contributed by atoms with Crippen LogP contribution in [-0.4, -0.2) is 61.0 Å². The Bertz CT molecular complexity index is 562. The lowest BCUT2D eigenvalue weighted by atomic mass is 9.97. The summed E-state index contributed by atoms with van der Waals surface area (Å²) in [5.74, 6) is 0.689. The molecule has 1 atom stereocenters. The summed E-state index contributed by atoms with van der Waals surface area (Å²) in [6.45, 7) is 7.26. The van der Waals surface area contributed by atoms with Crippen molar-refractivity contribution in [2.24, 2.45) is 16.6 Å². The predicted molar refractivity (Wildman–Crippen MR) is 105 cm³/mol. The number of amides is 1. The first-order valence-electron chi connectivity index (χ1n) is 9.62. The van der Waals surface area contributed by atoms with Crippen LogP contribution in [0.2, 0.25) is 0 Å². The van der Waals surface area contributed by atoms with E-state index in [9.17, 15) is 4.79 Å². The maximum absolute atomic E-state index is 11.3. The molecule has 7 nitrogen and oxygen atoms in total. The lowest BCUT2D eigenvalue weighted by Crippen LogP contribution is -2.41. The highest BCUT2D eigenvalue weighted by atomic mass is 16.1. The van der Waals surface area contributed by atoms with Crippen LogP contribution in [0.5, 0.6) is 0 Å². The van der Waals surface area contributed by atoms with Gasteiger partial charge in [0.25, 0.3) is 0 Å². The monoisotopic (exact) mass is 360 g/mol. The third kappa shape index (κ3) is 7.39. The maximum Gasteiger partial charge on any atom is 0.221 e. The van der Waals surface area contributed by atoms with Crippen LogP contribution in [0.4, 0.5) is 0 Å². The van der Waals surface area contributed by atoms with E-state index >= 15 is 0 Å². The van der Waals surface area contributed by atoms with E-state index in [0.29, 0.717) is 0 Å². The van der Waals surface area contributed by atoms with Gasteiger partial charge in [0.15, 0.2) is 5.96 Å². The molecule has 4 N–H and O–H groups in total. The maximum atomic E-state index is 11.3. The molecule has 0 bridgehead atoms. The van der Waals surface area contributed by atoms with E-state index in [4.69, 9.17) is 5.73 Å². The first-order valence-corrected chi connectivity index (χ1v) is 9.62. The Kier molecular flexibility index (Phi) is 8.89. The number of primary amides is 1. The smallest absolute Gasteiger partial charge is 0.221 e. The second-order valence-corrected chi connectivity index (χ2v) is 6.65. The van der Waals surface area contributed by atoms with Crippen molar-refractivity contribution in [2.45, 2.75) is 32.6 Å². The molecule has 0 aliphatic carbocycles. The lowest BCUT2D eigenvalue weighted by Gasteiger charge is -2.30. The minimum Gasteiger partial charge on any atom is -0.369 e. The molecule has 26 heavy (non-hydrogen) atoms. The molecule has 2 heterocycles. The molecule has 7 heteroatoms. The summed E-state index contributed by atoms with van der Waals surface area (Å²) in [6.07, 6.45) is 5.64. The number of nitrogens with one attached hydrogen (secondary N) is 2. The van der Waals surface area contributed by atoms with Crippen LogP contribution in [-0.2, 0) is 11.2 Å². The van der Waals surface area contributed by atoms with E-state index in [0.717, 1.165) is 76.6 Å². The van der Waals surface area contributed by atoms with Crippen LogP contribution < -0.4 is 16.4 Å². The second-order valence-electron chi connectivity index (χ2n) is 6.65. The standard InChI is InChI=1S/C19H32N6O/c1-2-21-19(24-12-9-17-8-3-4-10-22-17)23-11-6-14-25-13-5-7-16(15-25)18(20)26/h3-4,8,10,16H,2,5-7,9,11-15H2,1H3,(H2,20,26)(H2,21,23,24). The molecule has 0 saturated carbocycles. The van der Waals surface area contributed by atoms with Crippen molar-refractivity contribution in [3.8, 4) is 0 Å². The minimum absolute atomic E-state index is 0.0119. The number of carbonyl (C=O) groups is 1. The Morgan fingerprint density at radius 3 is 3.04 bits per heavy atom. The molecule has 1 saturated heterocycles. The summed E-state index contributed by atoms with van der Waals surface area (Å²) < 4.78 is 0. The van der Waals surface area contributed by atoms with Crippen molar-refractivity contribution in [1.82, 2.24) is 20.5 Å². The van der Waals surface area contributed by atoms with Gasteiger partial charge in [0.1, 0.15) is 0 Å². The van der Waals surface area contributed by atoms with Gasteiger partial charge >= 0.3 is 0 Å². The molecule has 0 radical (unpaired) electrons. The predicted octanol–water partition coefficient (Wildman–Crippen LogP) is 0.767. The lowest BCUT2D eigenvalue weighted by molar-refractivity contribution is -0.123. The molecular formula is C19H32N6O. The highest BCUT2D eigenvalue weighted by molar-refractivity contribution is 5.79. The fourth-order valence-electron chi connectivity index (χ4n) is 3.17. The summed E-state index contributed by atoms with van der Waals surface area (Å²) in [5, 5.41) is 6.63. The number of aromatic nitrogens is 1. The van der Waals surface area contributed by atoms with Crippen LogP contribution in [0, 0.1) is 5.92 Å². The average molecular weight is 361 g/mol. The summed E-state index contributed by atoms with van der Waals surface area (Å²) in [5.41, 5.74) is 6.51. The number of hydrogen-bond acceptors (Lipinski definition) is 4. The van der Waals surface area contributed by atoms with Crippen molar-refractivity contribution < 1.29 is 4.79 Å². The number of nitrogens with two attached hydrogens (primary N) is 1. The quantitative estimate of drug-likeness (QED) is 0.343. The van der Waals surface area contributed by atoms with Gasteiger partial charge in [-0.15, -0.1) is 0 Å². The first kappa shape index (κ1) is 20.2. The van der Waals surface area contributed by atoms with Gasteiger partial charge in [-0.2, -0.15) is 0 Å². The van der Waals surface area contributed by atoms with E-state index in [-0.39, 0.29) is 11.8 Å². The molecule has 144 valence electrons. The van der Waals surface area contributed by atoms with Gasteiger partial charge in [0.05, 0.1) is 5.92 Å². The van der Waals surface area contributed by atoms with Crippen molar-refractivity contribution in [1.29, 1.82) is 0 Å². The van der Waals surface area contributed by atoms with Gasteiger partial charge in [0, 0.05) is 44.5 Å². The Morgan fingerprint density at radius 2 is 2.31 bits per heavy atom. The molecule has 2 rings (SSSR count). The zero-order valence-corrected chi connectivity index (χ0v) is 15.8. The van der Waals surface area contributed by atoms with Crippen molar-refractivity contribution in [3.63, 3.8) is 0 Å². The van der Waals surface area contributed by atoms with Gasteiger partial charge in [0.2, 0.25) is 5.91 Å². The molecular weight excluding hydrogens is 328 g/mol. The number of rotatable bonds is 9. The fraction of sp³-hybridized carbons (Fsp3) is 0.632. The molecule has 1 fully saturated rings. The van der Waals surface area contributed by atoms with E-state index in [2.05, 4.69) is 32.4 Å². The molecule has 1 aromatic rings. The minimum atomic E-state index is -0.167. The SMILES string of the molecule is CCNC(=NCCCN1CCCC(C(N)=O)C1)NCCc1ccccn1. The first-order chi connectivity index (χ1) is 12.7. The van der Waals surface area contributed by atoms with Crippen LogP contribution in [0.15, 0.2) is 29.4 Å². The summed E-state index contributed by atoms with van der Waals surface area (Å²) in [4.78, 5) is 22.6. The van der Waals surface area contributed by atoms with E-state index in [1.807, 2.05) is 24.4 Å². The molecule has 0 aromatic carbocycles. The Labute approximate surface area is 156 Å². The number of nitrogens with zero attached hydrogens (tertiary/aromatic N) is 3. The summed E-state index contributed by atoms with van der Waals surface area (Å²) in [7, 11) is 0. The Morgan fingerprint density at radius 1 is 1.42 bits per heavy atom. The van der Waals surface area contributed by atoms with Gasteiger partial charge in [-0.05, 0) is 51.4 Å². The Hall–Kier alpha value is -2.15. The highest BCUT2D eigenvalue weighted by Gasteiger charge is 2.23. The van der Waals surface area contributed by atoms with Crippen LogP contribution >= 0.6 is 0 Å². The van der Waals surface area contributed by atoms with E-state index in [1.54, 1.807) is 0 Å². The topological polar surface area (TPSA) is 95.6 Å². The number of likely N-dealkylation sites (tertiary alicyclic amines) is 1. The van der Waals surface area contributed by atoms with E-state index < -0.39 is 0 Å². The van der Waals surface area contributed by atoms with Gasteiger partial charge in [-0.25, -0.2) is 0 Å². The van der Waals surface area contributed by atoms with Crippen molar-refractivity contribution in [2.75, 3.05) is 39.3 Å². The molecule has 1 unspecified atom stereocenters. The average Bonchev–Trinajstić information content (AvgIpc) is 2.66. The number of carbonyl (C=O) groups excluding carboxylic acids is 1.